The molecule has 1 N–H and O–H groups in total. The monoisotopic (exact) mass is 262 g/mol. The molecule has 2 saturated heterocycles. The van der Waals surface area contributed by atoms with Crippen LogP contribution in [0, 0.1) is 10.1 Å². The van der Waals surface area contributed by atoms with Crippen molar-refractivity contribution in [3.8, 4) is 0 Å². The number of hydrogen-bond acceptors (Lipinski definition) is 5. The average molecular weight is 262 g/mol. The van der Waals surface area contributed by atoms with Crippen LogP contribution in [0.15, 0.2) is 24.3 Å². The second-order valence-corrected chi connectivity index (χ2v) is 5.08. The molecule has 3 rings (SSSR count). The molecular weight excluding hydrogens is 244 g/mol. The van der Waals surface area contributed by atoms with Gasteiger partial charge in [-0.05, 0) is 6.07 Å². The largest absolute Gasteiger partial charge is 0.363 e. The van der Waals surface area contributed by atoms with Crippen molar-refractivity contribution in [3.63, 3.8) is 0 Å². The fourth-order valence-corrected chi connectivity index (χ4v) is 2.75. The van der Waals surface area contributed by atoms with Gasteiger partial charge in [0.15, 0.2) is 0 Å². The van der Waals surface area contributed by atoms with E-state index in [9.17, 15) is 10.1 Å². The molecule has 6 nitrogen and oxygen atoms in total. The zero-order valence-corrected chi connectivity index (χ0v) is 10.8. The summed E-state index contributed by atoms with van der Waals surface area (Å²) in [4.78, 5) is 15.4. The maximum atomic E-state index is 11.1. The van der Waals surface area contributed by atoms with E-state index in [0.717, 1.165) is 45.0 Å². The molecule has 19 heavy (non-hydrogen) atoms. The first-order valence-corrected chi connectivity index (χ1v) is 6.69. The minimum absolute atomic E-state index is 0.210. The van der Waals surface area contributed by atoms with Gasteiger partial charge in [0.25, 0.3) is 5.69 Å². The van der Waals surface area contributed by atoms with Gasteiger partial charge >= 0.3 is 0 Å². The van der Waals surface area contributed by atoms with Gasteiger partial charge in [-0.25, -0.2) is 0 Å². The summed E-state index contributed by atoms with van der Waals surface area (Å²) in [5.74, 6) is 0. The van der Waals surface area contributed by atoms with Gasteiger partial charge in [-0.1, -0.05) is 12.1 Å². The van der Waals surface area contributed by atoms with E-state index >= 15 is 0 Å². The molecule has 0 unspecified atom stereocenters. The van der Waals surface area contributed by atoms with Crippen LogP contribution < -0.4 is 10.2 Å². The summed E-state index contributed by atoms with van der Waals surface area (Å²) in [6.07, 6.45) is 0. The molecule has 0 radical (unpaired) electrons. The molecule has 1 aromatic rings. The van der Waals surface area contributed by atoms with Crippen LogP contribution in [0.3, 0.4) is 0 Å². The van der Waals surface area contributed by atoms with E-state index in [2.05, 4.69) is 15.1 Å². The third kappa shape index (κ3) is 2.41. The fraction of sp³-hybridized carbons (Fsp3) is 0.538. The van der Waals surface area contributed by atoms with Crippen molar-refractivity contribution in [1.82, 2.24) is 10.2 Å². The summed E-state index contributed by atoms with van der Waals surface area (Å²) in [6.45, 7) is 5.84. The summed E-state index contributed by atoms with van der Waals surface area (Å²) in [6, 6.07) is 7.67. The van der Waals surface area contributed by atoms with Gasteiger partial charge < -0.3 is 10.2 Å². The number of piperazine rings is 1. The van der Waals surface area contributed by atoms with Crippen molar-refractivity contribution in [1.29, 1.82) is 0 Å². The van der Waals surface area contributed by atoms with Crippen LogP contribution in [0.2, 0.25) is 0 Å². The van der Waals surface area contributed by atoms with Crippen LogP contribution >= 0.6 is 0 Å². The Labute approximate surface area is 112 Å². The SMILES string of the molecule is O=[N+]([O-])c1ccccc1N1CCN(C2CNC2)CC1. The standard InChI is InChI=1S/C13H18N4O2/c18-17(19)13-4-2-1-3-12(13)16-7-5-15(6-8-16)11-9-14-10-11/h1-4,11,14H,5-10H2. The Morgan fingerprint density at radius 3 is 2.42 bits per heavy atom. The van der Waals surface area contributed by atoms with Gasteiger partial charge in [0, 0.05) is 51.4 Å². The Balaban J connectivity index is 1.69. The molecule has 1 aromatic carbocycles. The molecule has 2 heterocycles. The molecule has 0 spiro atoms. The van der Waals surface area contributed by atoms with Crippen LogP contribution in [-0.2, 0) is 0 Å². The number of para-hydroxylation sites is 2. The molecule has 0 bridgehead atoms. The first-order chi connectivity index (χ1) is 9.25. The average Bonchev–Trinajstić information content (AvgIpc) is 2.37. The van der Waals surface area contributed by atoms with Crippen molar-refractivity contribution in [2.24, 2.45) is 0 Å². The van der Waals surface area contributed by atoms with Crippen molar-refractivity contribution < 1.29 is 4.92 Å². The van der Waals surface area contributed by atoms with E-state index in [0.29, 0.717) is 6.04 Å². The third-order valence-corrected chi connectivity index (χ3v) is 4.01. The summed E-state index contributed by atoms with van der Waals surface area (Å²) in [7, 11) is 0. The predicted octanol–water partition coefficient (Wildman–Crippen LogP) is 0.689. The summed E-state index contributed by atoms with van der Waals surface area (Å²) in [5, 5.41) is 14.3. The zero-order valence-electron chi connectivity index (χ0n) is 10.8. The molecule has 102 valence electrons. The highest BCUT2D eigenvalue weighted by atomic mass is 16.6. The number of benzene rings is 1. The zero-order chi connectivity index (χ0) is 13.2. The second kappa shape index (κ2) is 5.14. The van der Waals surface area contributed by atoms with Gasteiger partial charge in [-0.2, -0.15) is 0 Å². The van der Waals surface area contributed by atoms with E-state index in [1.54, 1.807) is 12.1 Å². The normalized spacial score (nSPS) is 21.2. The number of anilines is 1. The van der Waals surface area contributed by atoms with E-state index in [-0.39, 0.29) is 10.6 Å². The molecule has 0 aliphatic carbocycles. The molecule has 2 aliphatic heterocycles. The van der Waals surface area contributed by atoms with Crippen LogP contribution in [0.5, 0.6) is 0 Å². The first kappa shape index (κ1) is 12.4. The highest BCUT2D eigenvalue weighted by Gasteiger charge is 2.29. The summed E-state index contributed by atoms with van der Waals surface area (Å²) >= 11 is 0. The first-order valence-electron chi connectivity index (χ1n) is 6.69. The third-order valence-electron chi connectivity index (χ3n) is 4.01. The number of nitro groups is 1. The lowest BCUT2D eigenvalue weighted by molar-refractivity contribution is -0.384. The molecule has 2 fully saturated rings. The fourth-order valence-electron chi connectivity index (χ4n) is 2.75. The smallest absolute Gasteiger partial charge is 0.292 e. The predicted molar refractivity (Wildman–Crippen MR) is 73.5 cm³/mol. The van der Waals surface area contributed by atoms with E-state index < -0.39 is 0 Å². The van der Waals surface area contributed by atoms with E-state index in [4.69, 9.17) is 0 Å². The van der Waals surface area contributed by atoms with E-state index in [1.165, 1.54) is 0 Å². The van der Waals surface area contributed by atoms with Crippen LogP contribution in [0.25, 0.3) is 0 Å². The van der Waals surface area contributed by atoms with Crippen LogP contribution in [0.4, 0.5) is 11.4 Å². The molecule has 0 aromatic heterocycles. The van der Waals surface area contributed by atoms with Gasteiger partial charge in [0.2, 0.25) is 0 Å². The van der Waals surface area contributed by atoms with Crippen molar-refractivity contribution in [3.05, 3.63) is 34.4 Å². The maximum absolute atomic E-state index is 11.1. The Morgan fingerprint density at radius 2 is 1.84 bits per heavy atom. The Kier molecular flexibility index (Phi) is 3.35. The summed E-state index contributed by atoms with van der Waals surface area (Å²) in [5.41, 5.74) is 0.958. The molecule has 6 heteroatoms. The molecule has 2 aliphatic rings. The minimum Gasteiger partial charge on any atom is -0.363 e. The topological polar surface area (TPSA) is 61.7 Å². The van der Waals surface area contributed by atoms with Crippen molar-refractivity contribution in [2.45, 2.75) is 6.04 Å². The number of nitrogens with zero attached hydrogens (tertiary/aromatic N) is 3. The van der Waals surface area contributed by atoms with Crippen LogP contribution in [-0.4, -0.2) is 55.1 Å². The lowest BCUT2D eigenvalue weighted by Gasteiger charge is -2.43. The van der Waals surface area contributed by atoms with Gasteiger partial charge in [0.05, 0.1) is 4.92 Å². The number of nitrogens with one attached hydrogen (secondary N) is 1. The highest BCUT2D eigenvalue weighted by Crippen LogP contribution is 2.28. The Morgan fingerprint density at radius 1 is 1.16 bits per heavy atom. The minimum atomic E-state index is -0.294. The lowest BCUT2D eigenvalue weighted by atomic mass is 10.1. The Hall–Kier alpha value is -1.66. The summed E-state index contributed by atoms with van der Waals surface area (Å²) < 4.78 is 0. The maximum Gasteiger partial charge on any atom is 0.292 e. The van der Waals surface area contributed by atoms with Gasteiger partial charge in [-0.3, -0.25) is 15.0 Å². The molecule has 0 amide bonds. The molecular formula is C13H18N4O2. The quantitative estimate of drug-likeness (QED) is 0.641. The van der Waals surface area contributed by atoms with Crippen molar-refractivity contribution >= 4 is 11.4 Å². The van der Waals surface area contributed by atoms with Gasteiger partial charge in [-0.15, -0.1) is 0 Å². The highest BCUT2D eigenvalue weighted by molar-refractivity contribution is 5.63. The van der Waals surface area contributed by atoms with E-state index in [1.807, 2.05) is 12.1 Å². The van der Waals surface area contributed by atoms with Crippen LogP contribution in [0.1, 0.15) is 0 Å². The number of nitro benzene ring substituents is 1. The van der Waals surface area contributed by atoms with Crippen molar-refractivity contribution in [2.75, 3.05) is 44.2 Å². The number of rotatable bonds is 3. The second-order valence-electron chi connectivity index (χ2n) is 5.08. The van der Waals surface area contributed by atoms with Gasteiger partial charge in [0.1, 0.15) is 5.69 Å². The lowest BCUT2D eigenvalue weighted by Crippen LogP contribution is -2.61. The Bertz CT molecular complexity index is 467. The number of hydrogen-bond donors (Lipinski definition) is 1. The molecule has 0 saturated carbocycles. The molecule has 0 atom stereocenters.